The predicted molar refractivity (Wildman–Crippen MR) is 153 cm³/mol. The van der Waals surface area contributed by atoms with Crippen molar-refractivity contribution in [1.29, 1.82) is 0 Å². The minimum Gasteiger partial charge on any atom is -0.475 e. The van der Waals surface area contributed by atoms with Gasteiger partial charge in [0, 0.05) is 13.1 Å². The summed E-state index contributed by atoms with van der Waals surface area (Å²) < 4.78 is 40.4. The van der Waals surface area contributed by atoms with E-state index in [0.29, 0.717) is 28.8 Å². The van der Waals surface area contributed by atoms with E-state index in [1.807, 2.05) is 6.92 Å². The Morgan fingerprint density at radius 1 is 1.05 bits per heavy atom. The number of aryl methyl sites for hydroxylation is 1. The van der Waals surface area contributed by atoms with Crippen LogP contribution in [0.5, 0.6) is 0 Å². The first-order chi connectivity index (χ1) is 19.6. The lowest BCUT2D eigenvalue weighted by atomic mass is 9.80. The molecule has 1 aliphatic carbocycles. The van der Waals surface area contributed by atoms with Gasteiger partial charge >= 0.3 is 12.1 Å². The first kappa shape index (κ1) is 29.8. The number of rotatable bonds is 9. The van der Waals surface area contributed by atoms with Crippen LogP contribution >= 0.6 is 0 Å². The number of carboxylic acid groups (broad SMARTS) is 1. The van der Waals surface area contributed by atoms with Crippen molar-refractivity contribution in [3.8, 4) is 0 Å². The molecule has 0 spiro atoms. The van der Waals surface area contributed by atoms with Gasteiger partial charge in [-0.05, 0) is 55.4 Å². The number of anilines is 2. The van der Waals surface area contributed by atoms with Gasteiger partial charge < -0.3 is 20.3 Å². The van der Waals surface area contributed by atoms with E-state index >= 15 is 0 Å². The van der Waals surface area contributed by atoms with Crippen LogP contribution in [0.3, 0.4) is 0 Å². The lowest BCUT2D eigenvalue weighted by molar-refractivity contribution is -0.137. The summed E-state index contributed by atoms with van der Waals surface area (Å²) in [6.07, 6.45) is 1.37. The van der Waals surface area contributed by atoms with Crippen LogP contribution in [0.4, 0.5) is 24.9 Å². The first-order valence-electron chi connectivity index (χ1n) is 13.8. The molecule has 218 valence electrons. The Morgan fingerprint density at radius 2 is 1.73 bits per heavy atom. The number of benzene rings is 2. The fourth-order valence-corrected chi connectivity index (χ4v) is 4.77. The third-order valence-corrected chi connectivity index (χ3v) is 7.24. The van der Waals surface area contributed by atoms with Crippen molar-refractivity contribution in [3.05, 3.63) is 77.1 Å². The summed E-state index contributed by atoms with van der Waals surface area (Å²) >= 11 is 0. The van der Waals surface area contributed by atoms with Gasteiger partial charge in [-0.3, -0.25) is 0 Å². The van der Waals surface area contributed by atoms with Gasteiger partial charge in [0.05, 0.1) is 12.1 Å². The van der Waals surface area contributed by atoms with Crippen LogP contribution in [0.2, 0.25) is 0 Å². The number of nitrogens with one attached hydrogen (secondary N) is 2. The maximum Gasteiger partial charge on any atom is 0.416 e. The summed E-state index contributed by atoms with van der Waals surface area (Å²) in [4.78, 5) is 24.2. The highest BCUT2D eigenvalue weighted by atomic mass is 19.4. The summed E-state index contributed by atoms with van der Waals surface area (Å²) in [6.45, 7) is 4.42. The molecular formula is C30H35F3N6O2. The molecule has 4 aromatic rings. The number of aromatic carboxylic acids is 1. The average Bonchev–Trinajstić information content (AvgIpc) is 3.26. The molecule has 5 rings (SSSR count). The molecule has 8 nitrogen and oxygen atoms in total. The average molecular weight is 569 g/mol. The fourth-order valence-electron chi connectivity index (χ4n) is 4.77. The van der Waals surface area contributed by atoms with E-state index in [2.05, 4.69) is 62.8 Å². The molecule has 0 amide bonds. The summed E-state index contributed by atoms with van der Waals surface area (Å²) in [7, 11) is 1.65. The normalized spacial score (nSPS) is 14.1. The Bertz CT molecular complexity index is 1450. The summed E-state index contributed by atoms with van der Waals surface area (Å²) in [5.74, 6) is -0.440. The number of hydrogen-bond acceptors (Lipinski definition) is 6. The molecule has 2 aromatic heterocycles. The molecule has 0 bridgehead atoms. The highest BCUT2D eigenvalue weighted by Crippen LogP contribution is 2.33. The Morgan fingerprint density at radius 3 is 2.27 bits per heavy atom. The predicted octanol–water partition coefficient (Wildman–Crippen LogP) is 6.87. The lowest BCUT2D eigenvalue weighted by Crippen LogP contribution is -2.31. The minimum absolute atomic E-state index is 0.0657. The topological polar surface area (TPSA) is 105 Å². The lowest BCUT2D eigenvalue weighted by Gasteiger charge is -2.32. The number of nitrogens with zero attached hydrogens (tertiary/aromatic N) is 4. The number of alkyl halides is 3. The van der Waals surface area contributed by atoms with Gasteiger partial charge in [0.2, 0.25) is 11.8 Å². The Kier molecular flexibility index (Phi) is 9.46. The molecule has 0 aliphatic heterocycles. The van der Waals surface area contributed by atoms with Crippen molar-refractivity contribution in [2.24, 2.45) is 5.92 Å². The van der Waals surface area contributed by atoms with Crippen LogP contribution in [0.25, 0.3) is 11.2 Å². The zero-order chi connectivity index (χ0) is 29.6. The third kappa shape index (κ3) is 7.33. The number of carbonyl (C=O) groups is 1. The molecule has 1 fully saturated rings. The molecule has 2 heterocycles. The van der Waals surface area contributed by atoms with Gasteiger partial charge in [-0.25, -0.2) is 14.8 Å². The van der Waals surface area contributed by atoms with E-state index < -0.39 is 17.7 Å². The van der Waals surface area contributed by atoms with Gasteiger partial charge in [0.25, 0.3) is 0 Å². The van der Waals surface area contributed by atoms with Crippen molar-refractivity contribution in [1.82, 2.24) is 19.5 Å². The molecule has 2 aromatic carbocycles. The Balaban J connectivity index is 0.000000367. The molecule has 0 saturated heterocycles. The van der Waals surface area contributed by atoms with Crippen LogP contribution in [0.1, 0.15) is 66.8 Å². The summed E-state index contributed by atoms with van der Waals surface area (Å²) in [5, 5.41) is 15.7. The fraction of sp³-hybridized carbons (Fsp3) is 0.400. The first-order valence-corrected chi connectivity index (χ1v) is 13.8. The maximum atomic E-state index is 12.9. The number of hydrogen-bond donors (Lipinski definition) is 3. The van der Waals surface area contributed by atoms with Crippen LogP contribution < -0.4 is 10.6 Å². The van der Waals surface area contributed by atoms with E-state index in [-0.39, 0.29) is 24.1 Å². The van der Waals surface area contributed by atoms with E-state index in [4.69, 9.17) is 0 Å². The number of aromatic nitrogens is 4. The van der Waals surface area contributed by atoms with Gasteiger partial charge in [-0.1, -0.05) is 62.2 Å². The van der Waals surface area contributed by atoms with Crippen LogP contribution in [0, 0.1) is 5.92 Å². The number of fused-ring (bicyclic) bond motifs is 1. The quantitative estimate of drug-likeness (QED) is 0.202. The molecule has 3 N–H and O–H groups in total. The second kappa shape index (κ2) is 13.0. The second-order valence-corrected chi connectivity index (χ2v) is 10.2. The Labute approximate surface area is 237 Å². The SMILES string of the molecule is CCCc1ccccc1.CNc1nc2nc(C(=O)O)nc(N[C@H](C)C3CCC3)c2n1Cc1ccc(C(F)(F)F)cc1. The monoisotopic (exact) mass is 568 g/mol. The molecular weight excluding hydrogens is 533 g/mol. The summed E-state index contributed by atoms with van der Waals surface area (Å²) in [6, 6.07) is 15.5. The van der Waals surface area contributed by atoms with Crippen molar-refractivity contribution in [2.45, 2.75) is 64.7 Å². The van der Waals surface area contributed by atoms with Gasteiger partial charge in [0.1, 0.15) is 5.52 Å². The van der Waals surface area contributed by atoms with Crippen LogP contribution in [0.15, 0.2) is 54.6 Å². The van der Waals surface area contributed by atoms with Gasteiger partial charge in [-0.15, -0.1) is 0 Å². The molecule has 1 atom stereocenters. The Hall–Kier alpha value is -4.15. The highest BCUT2D eigenvalue weighted by Gasteiger charge is 2.30. The second-order valence-electron chi connectivity index (χ2n) is 10.2. The van der Waals surface area contributed by atoms with E-state index in [1.165, 1.54) is 30.5 Å². The molecule has 11 heteroatoms. The van der Waals surface area contributed by atoms with Crippen molar-refractivity contribution in [2.75, 3.05) is 17.7 Å². The number of imidazole rings is 1. The van der Waals surface area contributed by atoms with Crippen molar-refractivity contribution < 1.29 is 23.1 Å². The van der Waals surface area contributed by atoms with E-state index in [0.717, 1.165) is 31.4 Å². The van der Waals surface area contributed by atoms with Gasteiger partial charge in [-0.2, -0.15) is 18.2 Å². The highest BCUT2D eigenvalue weighted by molar-refractivity contribution is 5.91. The molecule has 1 aliphatic rings. The number of halogens is 3. The van der Waals surface area contributed by atoms with Gasteiger partial charge in [0.15, 0.2) is 11.5 Å². The molecule has 0 radical (unpaired) electrons. The van der Waals surface area contributed by atoms with Crippen molar-refractivity contribution in [3.63, 3.8) is 0 Å². The van der Waals surface area contributed by atoms with Crippen LogP contribution in [-0.4, -0.2) is 43.7 Å². The standard InChI is InChI=1S/C21H23F3N6O2.C9H12/c1-11(13-4-3-5-13)26-16-15-17(28-18(27-16)19(31)32)29-20(25-2)30(15)10-12-6-8-14(9-7-12)21(22,23)24;1-2-6-9-7-4-3-5-8-9/h6-9,11,13H,3-5,10H2,1-2H3,(H,31,32)(H2,25,26,27,28,29);3-5,7-8H,2,6H2,1H3/t11-;/m1./s1. The zero-order valence-corrected chi connectivity index (χ0v) is 23.4. The molecule has 41 heavy (non-hydrogen) atoms. The smallest absolute Gasteiger partial charge is 0.416 e. The maximum absolute atomic E-state index is 12.9. The largest absolute Gasteiger partial charge is 0.475 e. The van der Waals surface area contributed by atoms with E-state index in [9.17, 15) is 23.1 Å². The van der Waals surface area contributed by atoms with E-state index in [1.54, 1.807) is 11.6 Å². The molecule has 0 unspecified atom stereocenters. The summed E-state index contributed by atoms with van der Waals surface area (Å²) in [5.41, 5.74) is 2.02. The molecule has 1 saturated carbocycles. The third-order valence-electron chi connectivity index (χ3n) is 7.24. The zero-order valence-electron chi connectivity index (χ0n) is 23.4. The minimum atomic E-state index is -4.41. The van der Waals surface area contributed by atoms with Crippen molar-refractivity contribution >= 4 is 28.9 Å². The van der Waals surface area contributed by atoms with Crippen LogP contribution in [-0.2, 0) is 19.1 Å². The number of carboxylic acids is 1.